The van der Waals surface area contributed by atoms with E-state index in [4.69, 9.17) is 9.47 Å². The summed E-state index contributed by atoms with van der Waals surface area (Å²) in [5.74, 6) is 0.928. The second-order valence-electron chi connectivity index (χ2n) is 5.11. The van der Waals surface area contributed by atoms with Crippen molar-refractivity contribution in [3.05, 3.63) is 29.3 Å². The molecule has 2 aliphatic heterocycles. The van der Waals surface area contributed by atoms with Gasteiger partial charge in [-0.05, 0) is 43.1 Å². The number of fused-ring (bicyclic) bond motifs is 2. The monoisotopic (exact) mass is 233 g/mol. The van der Waals surface area contributed by atoms with Gasteiger partial charge in [0.15, 0.2) is 0 Å². The molecule has 1 saturated heterocycles. The zero-order valence-electron chi connectivity index (χ0n) is 10.5. The van der Waals surface area contributed by atoms with Gasteiger partial charge < -0.3 is 14.4 Å². The van der Waals surface area contributed by atoms with E-state index in [1.165, 1.54) is 11.1 Å². The summed E-state index contributed by atoms with van der Waals surface area (Å²) in [6, 6.07) is 6.35. The first-order valence-electron chi connectivity index (χ1n) is 6.23. The van der Waals surface area contributed by atoms with Crippen LogP contribution in [0.3, 0.4) is 0 Å². The summed E-state index contributed by atoms with van der Waals surface area (Å²) in [5, 5.41) is 0. The number of rotatable bonds is 1. The molecule has 3 heteroatoms. The normalized spacial score (nSPS) is 22.7. The quantitative estimate of drug-likeness (QED) is 0.742. The molecule has 1 aromatic carbocycles. The molecule has 0 radical (unpaired) electrons. The molecule has 3 nitrogen and oxygen atoms in total. The predicted molar refractivity (Wildman–Crippen MR) is 66.2 cm³/mol. The highest BCUT2D eigenvalue weighted by atomic mass is 16.5. The standard InChI is InChI=1S/C14H19NO2/c1-15-7-5-14(6-8-15)13-4-3-12(16-2)9-11(13)10-17-14/h3-4,9H,5-8,10H2,1-2H3. The maximum absolute atomic E-state index is 6.12. The van der Waals surface area contributed by atoms with E-state index < -0.39 is 0 Å². The van der Waals surface area contributed by atoms with Gasteiger partial charge in [0, 0.05) is 13.1 Å². The Hall–Kier alpha value is -1.06. The first-order chi connectivity index (χ1) is 8.23. The van der Waals surface area contributed by atoms with Crippen LogP contribution in [0, 0.1) is 0 Å². The van der Waals surface area contributed by atoms with Crippen LogP contribution in [0.5, 0.6) is 5.75 Å². The van der Waals surface area contributed by atoms with Gasteiger partial charge >= 0.3 is 0 Å². The van der Waals surface area contributed by atoms with E-state index in [2.05, 4.69) is 24.1 Å². The third-order valence-corrected chi connectivity index (χ3v) is 4.10. The van der Waals surface area contributed by atoms with E-state index in [1.54, 1.807) is 7.11 Å². The zero-order valence-corrected chi connectivity index (χ0v) is 10.5. The van der Waals surface area contributed by atoms with Gasteiger partial charge in [0.25, 0.3) is 0 Å². The van der Waals surface area contributed by atoms with Gasteiger partial charge in [-0.15, -0.1) is 0 Å². The van der Waals surface area contributed by atoms with E-state index in [0.29, 0.717) is 0 Å². The van der Waals surface area contributed by atoms with Crippen LogP contribution in [0.4, 0.5) is 0 Å². The van der Waals surface area contributed by atoms with Crippen molar-refractivity contribution < 1.29 is 9.47 Å². The molecule has 0 aliphatic carbocycles. The molecule has 3 rings (SSSR count). The van der Waals surface area contributed by atoms with Crippen molar-refractivity contribution in [2.45, 2.75) is 25.0 Å². The second-order valence-corrected chi connectivity index (χ2v) is 5.11. The highest BCUT2D eigenvalue weighted by Crippen LogP contribution is 2.44. The van der Waals surface area contributed by atoms with E-state index >= 15 is 0 Å². The minimum absolute atomic E-state index is 0.0197. The smallest absolute Gasteiger partial charge is 0.119 e. The van der Waals surface area contributed by atoms with Crippen molar-refractivity contribution in [1.82, 2.24) is 4.90 Å². The van der Waals surface area contributed by atoms with Crippen LogP contribution in [0.1, 0.15) is 24.0 Å². The zero-order chi connectivity index (χ0) is 11.9. The predicted octanol–water partition coefficient (Wildman–Crippen LogP) is 2.15. The molecule has 0 aromatic heterocycles. The third-order valence-electron chi connectivity index (χ3n) is 4.10. The lowest BCUT2D eigenvalue weighted by molar-refractivity contribution is -0.0755. The molecule has 0 bridgehead atoms. The van der Waals surface area contributed by atoms with Crippen LogP contribution in [-0.2, 0) is 16.9 Å². The fourth-order valence-corrected chi connectivity index (χ4v) is 2.95. The van der Waals surface area contributed by atoms with Gasteiger partial charge in [-0.2, -0.15) is 0 Å². The maximum Gasteiger partial charge on any atom is 0.119 e. The molecular weight excluding hydrogens is 214 g/mol. The fraction of sp³-hybridized carbons (Fsp3) is 0.571. The lowest BCUT2D eigenvalue weighted by atomic mass is 9.84. The van der Waals surface area contributed by atoms with Gasteiger partial charge in [0.2, 0.25) is 0 Å². The number of ether oxygens (including phenoxy) is 2. The van der Waals surface area contributed by atoms with Gasteiger partial charge in [0.05, 0.1) is 19.3 Å². The summed E-state index contributed by atoms with van der Waals surface area (Å²) >= 11 is 0. The summed E-state index contributed by atoms with van der Waals surface area (Å²) in [4.78, 5) is 2.37. The van der Waals surface area contributed by atoms with Crippen LogP contribution < -0.4 is 4.74 Å². The number of hydrogen-bond acceptors (Lipinski definition) is 3. The highest BCUT2D eigenvalue weighted by Gasteiger charge is 2.41. The molecule has 1 fully saturated rings. The first-order valence-corrected chi connectivity index (χ1v) is 6.23. The molecule has 2 heterocycles. The minimum Gasteiger partial charge on any atom is -0.497 e. The van der Waals surface area contributed by atoms with Crippen LogP contribution >= 0.6 is 0 Å². The van der Waals surface area contributed by atoms with Gasteiger partial charge in [-0.3, -0.25) is 0 Å². The van der Waals surface area contributed by atoms with Crippen molar-refractivity contribution in [2.75, 3.05) is 27.2 Å². The maximum atomic E-state index is 6.12. The average Bonchev–Trinajstić information content (AvgIpc) is 2.72. The topological polar surface area (TPSA) is 21.7 Å². The first kappa shape index (κ1) is 11.1. The molecule has 92 valence electrons. The van der Waals surface area contributed by atoms with Crippen molar-refractivity contribution in [1.29, 1.82) is 0 Å². The van der Waals surface area contributed by atoms with E-state index in [9.17, 15) is 0 Å². The molecule has 0 unspecified atom stereocenters. The summed E-state index contributed by atoms with van der Waals surface area (Å²) in [7, 11) is 3.89. The third kappa shape index (κ3) is 1.74. The molecule has 1 spiro atoms. The van der Waals surface area contributed by atoms with E-state index in [-0.39, 0.29) is 5.60 Å². The Morgan fingerprint density at radius 1 is 1.29 bits per heavy atom. The fourth-order valence-electron chi connectivity index (χ4n) is 2.95. The van der Waals surface area contributed by atoms with E-state index in [1.807, 2.05) is 6.07 Å². The lowest BCUT2D eigenvalue weighted by Crippen LogP contribution is -2.40. The molecule has 0 amide bonds. The summed E-state index contributed by atoms with van der Waals surface area (Å²) < 4.78 is 11.4. The number of nitrogens with zero attached hydrogens (tertiary/aromatic N) is 1. The molecule has 0 atom stereocenters. The Balaban J connectivity index is 1.93. The van der Waals surface area contributed by atoms with Crippen LogP contribution in [0.15, 0.2) is 18.2 Å². The van der Waals surface area contributed by atoms with Crippen LogP contribution in [-0.4, -0.2) is 32.1 Å². The second kappa shape index (κ2) is 4.00. The SMILES string of the molecule is COc1ccc2c(c1)COC21CCN(C)CC1. The highest BCUT2D eigenvalue weighted by molar-refractivity contribution is 5.41. The Kier molecular flexibility index (Phi) is 2.60. The minimum atomic E-state index is -0.0197. The van der Waals surface area contributed by atoms with Crippen LogP contribution in [0.25, 0.3) is 0 Å². The van der Waals surface area contributed by atoms with Gasteiger partial charge in [0.1, 0.15) is 5.75 Å². The number of likely N-dealkylation sites (tertiary alicyclic amines) is 1. The number of hydrogen-bond donors (Lipinski definition) is 0. The average molecular weight is 233 g/mol. The number of benzene rings is 1. The molecule has 17 heavy (non-hydrogen) atoms. The molecule has 0 N–H and O–H groups in total. The van der Waals surface area contributed by atoms with Crippen molar-refractivity contribution in [3.63, 3.8) is 0 Å². The van der Waals surface area contributed by atoms with Crippen molar-refractivity contribution in [3.8, 4) is 5.75 Å². The molecule has 0 saturated carbocycles. The Morgan fingerprint density at radius 2 is 2.06 bits per heavy atom. The lowest BCUT2D eigenvalue weighted by Gasteiger charge is -2.37. The number of piperidine rings is 1. The largest absolute Gasteiger partial charge is 0.497 e. The van der Waals surface area contributed by atoms with Gasteiger partial charge in [-0.1, -0.05) is 6.07 Å². The Labute approximate surface area is 102 Å². The Morgan fingerprint density at radius 3 is 2.76 bits per heavy atom. The Bertz CT molecular complexity index is 422. The molecular formula is C14H19NO2. The van der Waals surface area contributed by atoms with Crippen LogP contribution in [0.2, 0.25) is 0 Å². The van der Waals surface area contributed by atoms with Gasteiger partial charge in [-0.25, -0.2) is 0 Å². The summed E-state index contributed by atoms with van der Waals surface area (Å²) in [6.45, 7) is 2.97. The summed E-state index contributed by atoms with van der Waals surface area (Å²) in [5.41, 5.74) is 2.66. The summed E-state index contributed by atoms with van der Waals surface area (Å²) in [6.07, 6.45) is 2.20. The van der Waals surface area contributed by atoms with Crippen molar-refractivity contribution in [2.24, 2.45) is 0 Å². The van der Waals surface area contributed by atoms with E-state index in [0.717, 1.165) is 38.3 Å². The number of methoxy groups -OCH3 is 1. The molecule has 1 aromatic rings. The molecule has 2 aliphatic rings. The van der Waals surface area contributed by atoms with Crippen molar-refractivity contribution >= 4 is 0 Å².